The van der Waals surface area contributed by atoms with Crippen molar-refractivity contribution in [2.75, 3.05) is 0 Å². The molecule has 0 radical (unpaired) electrons. The third-order valence-electron chi connectivity index (χ3n) is 6.32. The number of nitro benzene ring substituents is 1. The minimum atomic E-state index is -0.539. The van der Waals surface area contributed by atoms with Crippen molar-refractivity contribution in [3.63, 3.8) is 0 Å². The number of hydrogen-bond acceptors (Lipinski definition) is 4. The van der Waals surface area contributed by atoms with Crippen molar-refractivity contribution in [2.24, 2.45) is 17.3 Å². The van der Waals surface area contributed by atoms with E-state index < -0.39 is 10.5 Å². The lowest BCUT2D eigenvalue weighted by molar-refractivity contribution is -0.384. The van der Waals surface area contributed by atoms with Gasteiger partial charge in [0.2, 0.25) is 5.91 Å². The monoisotopic (exact) mass is 344 g/mol. The van der Waals surface area contributed by atoms with Crippen molar-refractivity contribution in [1.82, 2.24) is 5.32 Å². The van der Waals surface area contributed by atoms with Gasteiger partial charge in [0.05, 0.1) is 10.5 Å². The van der Waals surface area contributed by atoms with Gasteiger partial charge in [-0.1, -0.05) is 12.1 Å². The maximum atomic E-state index is 12.5. The van der Waals surface area contributed by atoms with E-state index in [9.17, 15) is 20.0 Å². The van der Waals surface area contributed by atoms with Gasteiger partial charge >= 0.3 is 0 Å². The van der Waals surface area contributed by atoms with Crippen molar-refractivity contribution in [1.29, 1.82) is 0 Å². The minimum Gasteiger partial charge on any atom is -0.390 e. The Morgan fingerprint density at radius 3 is 2.40 bits per heavy atom. The second-order valence-corrected chi connectivity index (χ2v) is 8.56. The first-order valence-electron chi connectivity index (χ1n) is 9.07. The summed E-state index contributed by atoms with van der Waals surface area (Å²) >= 11 is 0. The predicted octanol–water partition coefficient (Wildman–Crippen LogP) is 2.93. The topological polar surface area (TPSA) is 92.5 Å². The number of amides is 1. The molecule has 4 aliphatic carbocycles. The Morgan fingerprint density at radius 2 is 1.84 bits per heavy atom. The molecule has 4 bridgehead atoms. The zero-order valence-electron chi connectivity index (χ0n) is 14.2. The van der Waals surface area contributed by atoms with Crippen LogP contribution in [-0.4, -0.2) is 21.5 Å². The lowest BCUT2D eigenvalue weighted by Crippen LogP contribution is -2.56. The number of carbonyl (C=O) groups is 1. The molecule has 2 atom stereocenters. The van der Waals surface area contributed by atoms with Gasteiger partial charge in [-0.2, -0.15) is 0 Å². The van der Waals surface area contributed by atoms with Crippen LogP contribution in [0.15, 0.2) is 24.3 Å². The summed E-state index contributed by atoms with van der Waals surface area (Å²) in [5, 5.41) is 24.4. The molecule has 6 nitrogen and oxygen atoms in total. The molecule has 0 spiro atoms. The standard InChI is InChI=1S/C19H24N2O4/c22-17(20-11-13-1-3-16(4-2-13)21(24)25)10-18-6-14-5-15(7-18)9-19(23,8-14)12-18/h1-4,14-15,23H,5-12H2,(H,20,22)/t14-,15-,18?,19?/m1/s1. The summed E-state index contributed by atoms with van der Waals surface area (Å²) in [5.41, 5.74) is 0.334. The number of aliphatic hydroxyl groups is 1. The molecule has 134 valence electrons. The zero-order valence-corrected chi connectivity index (χ0v) is 14.2. The zero-order chi connectivity index (χ0) is 17.7. The first-order valence-corrected chi connectivity index (χ1v) is 9.07. The van der Waals surface area contributed by atoms with Crippen LogP contribution in [0.5, 0.6) is 0 Å². The third-order valence-corrected chi connectivity index (χ3v) is 6.32. The first-order chi connectivity index (χ1) is 11.8. The number of rotatable bonds is 5. The molecular formula is C19H24N2O4. The highest BCUT2D eigenvalue weighted by Gasteiger charge is 2.57. The normalized spacial score (nSPS) is 35.6. The Balaban J connectivity index is 1.35. The van der Waals surface area contributed by atoms with Crippen molar-refractivity contribution < 1.29 is 14.8 Å². The van der Waals surface area contributed by atoms with E-state index in [1.165, 1.54) is 18.6 Å². The summed E-state index contributed by atoms with van der Waals surface area (Å²) in [6, 6.07) is 6.25. The quantitative estimate of drug-likeness (QED) is 0.634. The molecular weight excluding hydrogens is 320 g/mol. The molecule has 6 heteroatoms. The fourth-order valence-corrected chi connectivity index (χ4v) is 5.95. The van der Waals surface area contributed by atoms with Crippen LogP contribution in [0.4, 0.5) is 5.69 Å². The lowest BCUT2D eigenvalue weighted by atomic mass is 9.47. The van der Waals surface area contributed by atoms with Gasteiger partial charge in [0.25, 0.3) is 5.69 Å². The van der Waals surface area contributed by atoms with E-state index >= 15 is 0 Å². The van der Waals surface area contributed by atoms with E-state index in [0.717, 1.165) is 37.7 Å². The SMILES string of the molecule is O=C(CC12C[C@H]3C[C@@H](CC(O)(C3)C1)C2)NCc1ccc([N+](=O)[O-])cc1. The lowest BCUT2D eigenvalue weighted by Gasteiger charge is -2.60. The Hall–Kier alpha value is -1.95. The maximum absolute atomic E-state index is 12.5. The number of carbonyl (C=O) groups excluding carboxylic acids is 1. The predicted molar refractivity (Wildman–Crippen MR) is 91.6 cm³/mol. The number of nitrogens with one attached hydrogen (secondary N) is 1. The molecule has 1 aromatic rings. The Kier molecular flexibility index (Phi) is 3.83. The van der Waals surface area contributed by atoms with Gasteiger partial charge in [0, 0.05) is 25.1 Å². The highest BCUT2D eigenvalue weighted by Crippen LogP contribution is 2.62. The van der Waals surface area contributed by atoms with Crippen LogP contribution in [0.1, 0.15) is 50.5 Å². The summed E-state index contributed by atoms with van der Waals surface area (Å²) in [4.78, 5) is 22.7. The summed E-state index contributed by atoms with van der Waals surface area (Å²) in [7, 11) is 0. The van der Waals surface area contributed by atoms with E-state index in [-0.39, 0.29) is 17.0 Å². The van der Waals surface area contributed by atoms with Crippen molar-refractivity contribution in [2.45, 2.75) is 57.1 Å². The van der Waals surface area contributed by atoms with Crippen LogP contribution in [0.3, 0.4) is 0 Å². The summed E-state index contributed by atoms with van der Waals surface area (Å²) in [6.07, 6.45) is 6.42. The first kappa shape index (κ1) is 16.5. The van der Waals surface area contributed by atoms with Crippen LogP contribution < -0.4 is 5.32 Å². The largest absolute Gasteiger partial charge is 0.390 e. The van der Waals surface area contributed by atoms with Gasteiger partial charge in [-0.15, -0.1) is 0 Å². The number of non-ortho nitro benzene ring substituents is 1. The smallest absolute Gasteiger partial charge is 0.269 e. The Labute approximate surface area is 146 Å². The van der Waals surface area contributed by atoms with Gasteiger partial charge in [-0.05, 0) is 61.3 Å². The molecule has 0 aliphatic heterocycles. The molecule has 2 N–H and O–H groups in total. The maximum Gasteiger partial charge on any atom is 0.269 e. The van der Waals surface area contributed by atoms with Crippen LogP contribution >= 0.6 is 0 Å². The highest BCUT2D eigenvalue weighted by atomic mass is 16.6. The Bertz CT molecular complexity index is 686. The van der Waals surface area contributed by atoms with Crippen LogP contribution in [0, 0.1) is 27.4 Å². The molecule has 0 saturated heterocycles. The average molecular weight is 344 g/mol. The van der Waals surface area contributed by atoms with Gasteiger partial charge in [0.1, 0.15) is 0 Å². The molecule has 5 rings (SSSR count). The molecule has 0 aromatic heterocycles. The molecule has 4 fully saturated rings. The molecule has 4 aliphatic rings. The van der Waals surface area contributed by atoms with E-state index in [2.05, 4.69) is 5.32 Å². The van der Waals surface area contributed by atoms with Gasteiger partial charge < -0.3 is 10.4 Å². The molecule has 1 amide bonds. The van der Waals surface area contributed by atoms with E-state index in [4.69, 9.17) is 0 Å². The van der Waals surface area contributed by atoms with E-state index in [1.54, 1.807) is 12.1 Å². The molecule has 0 heterocycles. The van der Waals surface area contributed by atoms with Gasteiger partial charge in [0.15, 0.2) is 0 Å². The van der Waals surface area contributed by atoms with E-state index in [0.29, 0.717) is 24.8 Å². The molecule has 4 saturated carbocycles. The highest BCUT2D eigenvalue weighted by molar-refractivity contribution is 5.76. The average Bonchev–Trinajstić information content (AvgIpc) is 2.50. The second kappa shape index (κ2) is 5.80. The summed E-state index contributed by atoms with van der Waals surface area (Å²) in [6.45, 7) is 0.379. The number of nitrogens with zero attached hydrogens (tertiary/aromatic N) is 1. The van der Waals surface area contributed by atoms with Crippen molar-refractivity contribution in [3.05, 3.63) is 39.9 Å². The summed E-state index contributed by atoms with van der Waals surface area (Å²) in [5.74, 6) is 1.17. The molecule has 25 heavy (non-hydrogen) atoms. The van der Waals surface area contributed by atoms with Crippen molar-refractivity contribution in [3.8, 4) is 0 Å². The van der Waals surface area contributed by atoms with Crippen LogP contribution in [0.2, 0.25) is 0 Å². The molecule has 0 unspecified atom stereocenters. The van der Waals surface area contributed by atoms with Gasteiger partial charge in [-0.25, -0.2) is 0 Å². The van der Waals surface area contributed by atoms with Gasteiger partial charge in [-0.3, -0.25) is 14.9 Å². The number of hydrogen-bond donors (Lipinski definition) is 2. The fourth-order valence-electron chi connectivity index (χ4n) is 5.95. The second-order valence-electron chi connectivity index (χ2n) is 8.56. The van der Waals surface area contributed by atoms with E-state index in [1.807, 2.05) is 0 Å². The minimum absolute atomic E-state index is 0.0175. The summed E-state index contributed by atoms with van der Waals surface area (Å²) < 4.78 is 0. The van der Waals surface area contributed by atoms with Crippen molar-refractivity contribution >= 4 is 11.6 Å². The number of benzene rings is 1. The third kappa shape index (κ3) is 3.27. The van der Waals surface area contributed by atoms with Crippen LogP contribution in [-0.2, 0) is 11.3 Å². The fraction of sp³-hybridized carbons (Fsp3) is 0.632. The Morgan fingerprint density at radius 1 is 1.20 bits per heavy atom. The number of nitro groups is 1. The molecule has 1 aromatic carbocycles. The van der Waals surface area contributed by atoms with Crippen LogP contribution in [0.25, 0.3) is 0 Å².